The van der Waals surface area contributed by atoms with E-state index in [-0.39, 0.29) is 32.9 Å². The number of carbonyl (C=O) groups excluding carboxylic acids is 1. The van der Waals surface area contributed by atoms with Crippen LogP contribution < -0.4 is 10.5 Å². The zero-order valence-corrected chi connectivity index (χ0v) is 11.4. The van der Waals surface area contributed by atoms with Crippen LogP contribution in [0.1, 0.15) is 16.1 Å². The second-order valence-electron chi connectivity index (χ2n) is 3.60. The average Bonchev–Trinajstić information content (AvgIpc) is 2.43. The fourth-order valence-corrected chi connectivity index (χ4v) is 1.97. The van der Waals surface area contributed by atoms with Gasteiger partial charge in [0.25, 0.3) is 0 Å². The van der Waals surface area contributed by atoms with Gasteiger partial charge in [0.2, 0.25) is 11.7 Å². The first-order chi connectivity index (χ1) is 9.04. The predicted molar refractivity (Wildman–Crippen MR) is 72.9 cm³/mol. The molecule has 98 valence electrons. The SMILES string of the molecule is COc1nccnc1C(=O)c1cc(Cl)c(N)c(Cl)c1. The number of nitrogen functional groups attached to an aromatic ring is 1. The minimum Gasteiger partial charge on any atom is -0.479 e. The van der Waals surface area contributed by atoms with Crippen molar-refractivity contribution in [2.45, 2.75) is 0 Å². The molecule has 0 amide bonds. The number of methoxy groups -OCH3 is 1. The normalized spacial score (nSPS) is 10.3. The first-order valence-corrected chi connectivity index (χ1v) is 5.94. The second-order valence-corrected chi connectivity index (χ2v) is 4.41. The van der Waals surface area contributed by atoms with E-state index in [0.29, 0.717) is 0 Å². The third-order valence-electron chi connectivity index (χ3n) is 2.41. The summed E-state index contributed by atoms with van der Waals surface area (Å²) in [6.07, 6.45) is 2.83. The number of hydrogen-bond donors (Lipinski definition) is 1. The molecule has 1 aromatic carbocycles. The number of anilines is 1. The van der Waals surface area contributed by atoms with E-state index in [9.17, 15) is 4.79 Å². The number of halogens is 2. The summed E-state index contributed by atoms with van der Waals surface area (Å²) < 4.78 is 4.99. The van der Waals surface area contributed by atoms with Gasteiger partial charge in [-0.1, -0.05) is 23.2 Å². The Morgan fingerprint density at radius 2 is 1.79 bits per heavy atom. The van der Waals surface area contributed by atoms with Crippen LogP contribution in [0.2, 0.25) is 10.0 Å². The van der Waals surface area contributed by atoms with Crippen LogP contribution in [0.15, 0.2) is 24.5 Å². The van der Waals surface area contributed by atoms with Gasteiger partial charge < -0.3 is 10.5 Å². The first-order valence-electron chi connectivity index (χ1n) is 5.18. The molecule has 0 spiro atoms. The van der Waals surface area contributed by atoms with Crippen molar-refractivity contribution in [3.8, 4) is 5.88 Å². The summed E-state index contributed by atoms with van der Waals surface area (Å²) >= 11 is 11.8. The first kappa shape index (κ1) is 13.6. The lowest BCUT2D eigenvalue weighted by Gasteiger charge is -2.07. The second kappa shape index (κ2) is 5.42. The minimum atomic E-state index is -0.395. The Morgan fingerprint density at radius 3 is 2.37 bits per heavy atom. The van der Waals surface area contributed by atoms with Gasteiger partial charge in [-0.05, 0) is 12.1 Å². The topological polar surface area (TPSA) is 78.1 Å². The third-order valence-corrected chi connectivity index (χ3v) is 3.04. The van der Waals surface area contributed by atoms with Crippen LogP contribution in [0.5, 0.6) is 5.88 Å². The molecule has 2 rings (SSSR count). The standard InChI is InChI=1S/C12H9Cl2N3O2/c1-19-12-10(16-2-3-17-12)11(18)6-4-7(13)9(15)8(14)5-6/h2-5H,15H2,1H3. The van der Waals surface area contributed by atoms with E-state index in [0.717, 1.165) is 0 Å². The highest BCUT2D eigenvalue weighted by Crippen LogP contribution is 2.30. The molecule has 0 bridgehead atoms. The number of ether oxygens (including phenoxy) is 1. The Balaban J connectivity index is 2.50. The molecule has 0 unspecified atom stereocenters. The molecular formula is C12H9Cl2N3O2. The van der Waals surface area contributed by atoms with Gasteiger partial charge >= 0.3 is 0 Å². The zero-order valence-electron chi connectivity index (χ0n) is 9.85. The van der Waals surface area contributed by atoms with Gasteiger partial charge in [0.15, 0.2) is 5.69 Å². The van der Waals surface area contributed by atoms with Crippen LogP contribution in [-0.2, 0) is 0 Å². The molecule has 0 aliphatic carbocycles. The molecule has 0 saturated carbocycles. The Bertz CT molecular complexity index is 624. The van der Waals surface area contributed by atoms with Crippen LogP contribution in [0, 0.1) is 0 Å². The molecule has 2 N–H and O–H groups in total. The molecule has 19 heavy (non-hydrogen) atoms. The van der Waals surface area contributed by atoms with Gasteiger partial charge in [0, 0.05) is 18.0 Å². The largest absolute Gasteiger partial charge is 0.479 e. The maximum Gasteiger partial charge on any atom is 0.243 e. The molecule has 5 nitrogen and oxygen atoms in total. The number of aromatic nitrogens is 2. The van der Waals surface area contributed by atoms with Gasteiger partial charge in [-0.3, -0.25) is 4.79 Å². The highest BCUT2D eigenvalue weighted by Gasteiger charge is 2.19. The predicted octanol–water partition coefficient (Wildman–Crippen LogP) is 2.61. The number of nitrogens with zero attached hydrogens (tertiary/aromatic N) is 2. The van der Waals surface area contributed by atoms with Crippen molar-refractivity contribution in [3.63, 3.8) is 0 Å². The summed E-state index contributed by atoms with van der Waals surface area (Å²) in [6.45, 7) is 0. The fraction of sp³-hybridized carbons (Fsp3) is 0.0833. The van der Waals surface area contributed by atoms with Gasteiger partial charge in [-0.2, -0.15) is 0 Å². The van der Waals surface area contributed by atoms with E-state index in [1.807, 2.05) is 0 Å². The van der Waals surface area contributed by atoms with Gasteiger partial charge in [-0.15, -0.1) is 0 Å². The summed E-state index contributed by atoms with van der Waals surface area (Å²) in [7, 11) is 1.41. The number of ketones is 1. The Hall–Kier alpha value is -1.85. The maximum atomic E-state index is 12.3. The van der Waals surface area contributed by atoms with Crippen LogP contribution >= 0.6 is 23.2 Å². The summed E-state index contributed by atoms with van der Waals surface area (Å²) in [5.74, 6) is -0.259. The summed E-state index contributed by atoms with van der Waals surface area (Å²) in [6, 6.07) is 2.86. The van der Waals surface area contributed by atoms with Crippen molar-refractivity contribution in [2.75, 3.05) is 12.8 Å². The molecular weight excluding hydrogens is 289 g/mol. The zero-order chi connectivity index (χ0) is 14.0. The van der Waals surface area contributed by atoms with Crippen molar-refractivity contribution >= 4 is 34.7 Å². The molecule has 0 saturated heterocycles. The van der Waals surface area contributed by atoms with E-state index in [1.54, 1.807) is 0 Å². The van der Waals surface area contributed by atoms with Crippen LogP contribution in [-0.4, -0.2) is 22.9 Å². The van der Waals surface area contributed by atoms with Crippen molar-refractivity contribution in [2.24, 2.45) is 0 Å². The summed E-state index contributed by atoms with van der Waals surface area (Å²) in [4.78, 5) is 20.2. The molecule has 1 aromatic heterocycles. The van der Waals surface area contributed by atoms with E-state index < -0.39 is 5.78 Å². The lowest BCUT2D eigenvalue weighted by molar-refractivity contribution is 0.103. The van der Waals surface area contributed by atoms with Crippen molar-refractivity contribution in [3.05, 3.63) is 45.8 Å². The fourth-order valence-electron chi connectivity index (χ4n) is 1.48. The smallest absolute Gasteiger partial charge is 0.243 e. The number of carbonyl (C=O) groups is 1. The quantitative estimate of drug-likeness (QED) is 0.696. The molecule has 2 aromatic rings. The van der Waals surface area contributed by atoms with Crippen molar-refractivity contribution in [1.82, 2.24) is 9.97 Å². The number of rotatable bonds is 3. The molecule has 0 radical (unpaired) electrons. The summed E-state index contributed by atoms with van der Waals surface area (Å²) in [5, 5.41) is 0.414. The number of hydrogen-bond acceptors (Lipinski definition) is 5. The van der Waals surface area contributed by atoms with E-state index in [4.69, 9.17) is 33.7 Å². The minimum absolute atomic E-state index is 0.0851. The van der Waals surface area contributed by atoms with Crippen LogP contribution in [0.3, 0.4) is 0 Å². The Kier molecular flexibility index (Phi) is 3.87. The van der Waals surface area contributed by atoms with Gasteiger partial charge in [0.05, 0.1) is 22.8 Å². The molecule has 7 heteroatoms. The van der Waals surface area contributed by atoms with Gasteiger partial charge in [0.1, 0.15) is 0 Å². The Labute approximate surface area is 119 Å². The van der Waals surface area contributed by atoms with E-state index in [1.165, 1.54) is 31.6 Å². The molecule has 0 atom stereocenters. The van der Waals surface area contributed by atoms with Crippen LogP contribution in [0.25, 0.3) is 0 Å². The molecule has 0 fully saturated rings. The highest BCUT2D eigenvalue weighted by molar-refractivity contribution is 6.39. The summed E-state index contributed by atoms with van der Waals surface area (Å²) in [5.41, 5.74) is 6.20. The monoisotopic (exact) mass is 297 g/mol. The lowest BCUT2D eigenvalue weighted by Crippen LogP contribution is -2.08. The lowest BCUT2D eigenvalue weighted by atomic mass is 10.1. The van der Waals surface area contributed by atoms with E-state index >= 15 is 0 Å². The molecule has 1 heterocycles. The Morgan fingerprint density at radius 1 is 1.21 bits per heavy atom. The number of nitrogens with two attached hydrogens (primary N) is 1. The van der Waals surface area contributed by atoms with Crippen LogP contribution in [0.4, 0.5) is 5.69 Å². The average molecular weight is 298 g/mol. The molecule has 0 aliphatic heterocycles. The number of benzene rings is 1. The highest BCUT2D eigenvalue weighted by atomic mass is 35.5. The molecule has 0 aliphatic rings. The maximum absolute atomic E-state index is 12.3. The van der Waals surface area contributed by atoms with E-state index in [2.05, 4.69) is 9.97 Å². The van der Waals surface area contributed by atoms with Crippen molar-refractivity contribution < 1.29 is 9.53 Å². The third kappa shape index (κ3) is 2.62. The van der Waals surface area contributed by atoms with Crippen molar-refractivity contribution in [1.29, 1.82) is 0 Å². The van der Waals surface area contributed by atoms with Gasteiger partial charge in [-0.25, -0.2) is 9.97 Å².